The Kier molecular flexibility index (Phi) is 9.84. The average molecular weight is 463 g/mol. The van der Waals surface area contributed by atoms with Crippen LogP contribution in [0.15, 0.2) is 53.4 Å². The molecule has 0 aliphatic rings. The molecule has 176 valence electrons. The Morgan fingerprint density at radius 3 is 2.31 bits per heavy atom. The topological polar surface area (TPSA) is 84.9 Å². The lowest BCUT2D eigenvalue weighted by Gasteiger charge is -2.25. The highest BCUT2D eigenvalue weighted by atomic mass is 32.2. The third-order valence-electron chi connectivity index (χ3n) is 5.41. The highest BCUT2D eigenvalue weighted by molar-refractivity contribution is 7.92. The summed E-state index contributed by atoms with van der Waals surface area (Å²) in [6, 6.07) is 13.0. The van der Waals surface area contributed by atoms with E-state index in [9.17, 15) is 13.2 Å². The second-order valence-corrected chi connectivity index (χ2v) is 9.45. The summed E-state index contributed by atoms with van der Waals surface area (Å²) in [5, 5.41) is 2.92. The van der Waals surface area contributed by atoms with Gasteiger partial charge in [0.2, 0.25) is 5.91 Å². The molecule has 2 rings (SSSR count). The van der Waals surface area contributed by atoms with Gasteiger partial charge in [0, 0.05) is 12.6 Å². The molecular weight excluding hydrogens is 428 g/mol. The predicted octanol–water partition coefficient (Wildman–Crippen LogP) is 4.23. The van der Waals surface area contributed by atoms with Crippen molar-refractivity contribution in [2.24, 2.45) is 5.92 Å². The summed E-state index contributed by atoms with van der Waals surface area (Å²) in [5.41, 5.74) is 0.412. The van der Waals surface area contributed by atoms with Crippen LogP contribution in [0.25, 0.3) is 0 Å². The van der Waals surface area contributed by atoms with Crippen molar-refractivity contribution in [2.45, 2.75) is 44.4 Å². The van der Waals surface area contributed by atoms with Gasteiger partial charge >= 0.3 is 0 Å². The van der Waals surface area contributed by atoms with Crippen LogP contribution < -0.4 is 19.1 Å². The van der Waals surface area contributed by atoms with Crippen LogP contribution in [0.1, 0.15) is 39.5 Å². The standard InChI is InChI=1S/C24H34N2O5S/c1-5-7-11-19(6-2)17-25-24(27)18-26(20-12-9-8-10-13-20)32(28,29)21-14-15-22(30-3)23(16-21)31-4/h8-10,12-16,19H,5-7,11,17-18H2,1-4H3,(H,25,27)/t19-/m1/s1. The highest BCUT2D eigenvalue weighted by Crippen LogP contribution is 2.32. The van der Waals surface area contributed by atoms with E-state index in [0.717, 1.165) is 30.0 Å². The number of carbonyl (C=O) groups excluding carboxylic acids is 1. The van der Waals surface area contributed by atoms with Crippen LogP contribution in [0.5, 0.6) is 11.5 Å². The van der Waals surface area contributed by atoms with Gasteiger partial charge in [-0.2, -0.15) is 0 Å². The van der Waals surface area contributed by atoms with Crippen molar-refractivity contribution in [3.8, 4) is 11.5 Å². The molecule has 2 aromatic rings. The quantitative estimate of drug-likeness (QED) is 0.481. The lowest BCUT2D eigenvalue weighted by molar-refractivity contribution is -0.119. The van der Waals surface area contributed by atoms with E-state index in [1.54, 1.807) is 30.3 Å². The molecule has 1 N–H and O–H groups in total. The minimum atomic E-state index is -4.03. The molecule has 8 heteroatoms. The first-order chi connectivity index (χ1) is 15.4. The number of nitrogens with zero attached hydrogens (tertiary/aromatic N) is 1. The summed E-state index contributed by atoms with van der Waals surface area (Å²) in [4.78, 5) is 12.8. The number of amides is 1. The Hall–Kier alpha value is -2.74. The Labute approximate surface area is 191 Å². The largest absolute Gasteiger partial charge is 0.493 e. The van der Waals surface area contributed by atoms with Crippen LogP contribution >= 0.6 is 0 Å². The van der Waals surface area contributed by atoms with E-state index in [-0.39, 0.29) is 17.3 Å². The van der Waals surface area contributed by atoms with Crippen molar-refractivity contribution in [1.82, 2.24) is 5.32 Å². The Morgan fingerprint density at radius 2 is 1.72 bits per heavy atom. The Balaban J connectivity index is 2.29. The number of methoxy groups -OCH3 is 2. The van der Waals surface area contributed by atoms with Crippen molar-refractivity contribution in [1.29, 1.82) is 0 Å². The minimum absolute atomic E-state index is 0.0150. The maximum atomic E-state index is 13.5. The summed E-state index contributed by atoms with van der Waals surface area (Å²) >= 11 is 0. The molecule has 0 saturated carbocycles. The van der Waals surface area contributed by atoms with E-state index < -0.39 is 10.0 Å². The molecule has 0 spiro atoms. The molecule has 1 amide bonds. The van der Waals surface area contributed by atoms with Gasteiger partial charge in [0.25, 0.3) is 10.0 Å². The summed E-state index contributed by atoms with van der Waals surface area (Å²) < 4.78 is 38.6. The van der Waals surface area contributed by atoms with Crippen molar-refractivity contribution in [3.63, 3.8) is 0 Å². The molecule has 0 unspecified atom stereocenters. The van der Waals surface area contributed by atoms with E-state index in [0.29, 0.717) is 29.6 Å². The number of para-hydroxylation sites is 1. The third-order valence-corrected chi connectivity index (χ3v) is 7.18. The van der Waals surface area contributed by atoms with Crippen molar-refractivity contribution in [3.05, 3.63) is 48.5 Å². The zero-order valence-electron chi connectivity index (χ0n) is 19.3. The summed E-state index contributed by atoms with van der Waals surface area (Å²) in [7, 11) is -1.10. The molecular formula is C24H34N2O5S. The molecule has 0 fully saturated rings. The number of hydrogen-bond donors (Lipinski definition) is 1. The first kappa shape index (κ1) is 25.5. The monoisotopic (exact) mass is 462 g/mol. The number of unbranched alkanes of at least 4 members (excludes halogenated alkanes) is 1. The number of carbonyl (C=O) groups is 1. The van der Waals surface area contributed by atoms with Gasteiger partial charge in [-0.25, -0.2) is 8.42 Å². The molecule has 0 heterocycles. The average Bonchev–Trinajstić information content (AvgIpc) is 2.82. The number of anilines is 1. The SMILES string of the molecule is CCCC[C@@H](CC)CNC(=O)CN(c1ccccc1)S(=O)(=O)c1ccc(OC)c(OC)c1. The molecule has 0 bridgehead atoms. The van der Waals surface area contributed by atoms with Gasteiger partial charge in [-0.1, -0.05) is 51.3 Å². The Bertz CT molecular complexity index is 964. The number of ether oxygens (including phenoxy) is 2. The molecule has 0 saturated heterocycles. The fraction of sp³-hybridized carbons (Fsp3) is 0.458. The molecule has 0 aromatic heterocycles. The first-order valence-electron chi connectivity index (χ1n) is 10.9. The van der Waals surface area contributed by atoms with E-state index in [4.69, 9.17) is 9.47 Å². The first-order valence-corrected chi connectivity index (χ1v) is 12.4. The zero-order valence-corrected chi connectivity index (χ0v) is 20.2. The highest BCUT2D eigenvalue weighted by Gasteiger charge is 2.28. The number of sulfonamides is 1. The van der Waals surface area contributed by atoms with E-state index in [1.807, 2.05) is 0 Å². The lowest BCUT2D eigenvalue weighted by Crippen LogP contribution is -2.42. The normalized spacial score (nSPS) is 12.1. The van der Waals surface area contributed by atoms with Crippen LogP contribution in [0, 0.1) is 5.92 Å². The van der Waals surface area contributed by atoms with E-state index in [2.05, 4.69) is 19.2 Å². The number of hydrogen-bond acceptors (Lipinski definition) is 5. The van der Waals surface area contributed by atoms with Gasteiger partial charge < -0.3 is 14.8 Å². The van der Waals surface area contributed by atoms with Gasteiger partial charge in [0.1, 0.15) is 6.54 Å². The van der Waals surface area contributed by atoms with Crippen LogP contribution in [-0.4, -0.2) is 41.6 Å². The molecule has 1 atom stereocenters. The zero-order chi connectivity index (χ0) is 23.6. The fourth-order valence-electron chi connectivity index (χ4n) is 3.40. The molecule has 2 aromatic carbocycles. The smallest absolute Gasteiger partial charge is 0.264 e. The van der Waals surface area contributed by atoms with Crippen molar-refractivity contribution < 1.29 is 22.7 Å². The number of nitrogens with one attached hydrogen (secondary N) is 1. The van der Waals surface area contributed by atoms with E-state index >= 15 is 0 Å². The fourth-order valence-corrected chi connectivity index (χ4v) is 4.84. The van der Waals surface area contributed by atoms with E-state index in [1.165, 1.54) is 32.4 Å². The second kappa shape index (κ2) is 12.3. The van der Waals surface area contributed by atoms with Gasteiger partial charge in [0.15, 0.2) is 11.5 Å². The van der Waals surface area contributed by atoms with Crippen molar-refractivity contribution in [2.75, 3.05) is 31.6 Å². The third kappa shape index (κ3) is 6.63. The number of benzene rings is 2. The molecule has 32 heavy (non-hydrogen) atoms. The van der Waals surface area contributed by atoms with Gasteiger partial charge in [-0.05, 0) is 36.6 Å². The second-order valence-electron chi connectivity index (χ2n) is 7.58. The van der Waals surface area contributed by atoms with Gasteiger partial charge in [0.05, 0.1) is 24.8 Å². The molecule has 7 nitrogen and oxygen atoms in total. The van der Waals surface area contributed by atoms with Gasteiger partial charge in [-0.15, -0.1) is 0 Å². The maximum Gasteiger partial charge on any atom is 0.264 e. The summed E-state index contributed by atoms with van der Waals surface area (Å²) in [6.45, 7) is 4.46. The van der Waals surface area contributed by atoms with Gasteiger partial charge in [-0.3, -0.25) is 9.10 Å². The number of rotatable bonds is 13. The maximum absolute atomic E-state index is 13.5. The van der Waals surface area contributed by atoms with Crippen LogP contribution in [0.3, 0.4) is 0 Å². The molecule has 0 aliphatic carbocycles. The predicted molar refractivity (Wildman–Crippen MR) is 127 cm³/mol. The van der Waals surface area contributed by atoms with Crippen LogP contribution in [0.2, 0.25) is 0 Å². The summed E-state index contributed by atoms with van der Waals surface area (Å²) in [6.07, 6.45) is 4.22. The summed E-state index contributed by atoms with van der Waals surface area (Å²) in [5.74, 6) is 0.764. The van der Waals surface area contributed by atoms with Crippen LogP contribution in [0.4, 0.5) is 5.69 Å². The minimum Gasteiger partial charge on any atom is -0.493 e. The van der Waals surface area contributed by atoms with Crippen LogP contribution in [-0.2, 0) is 14.8 Å². The molecule has 0 radical (unpaired) electrons. The van der Waals surface area contributed by atoms with Crippen molar-refractivity contribution >= 4 is 21.6 Å². The lowest BCUT2D eigenvalue weighted by atomic mass is 9.99. The Morgan fingerprint density at radius 1 is 1.03 bits per heavy atom. The molecule has 0 aliphatic heterocycles.